The highest BCUT2D eigenvalue weighted by atomic mass is 16.2. The van der Waals surface area contributed by atoms with Crippen LogP contribution in [0.3, 0.4) is 0 Å². The van der Waals surface area contributed by atoms with Crippen LogP contribution in [0.2, 0.25) is 0 Å². The molecule has 0 unspecified atom stereocenters. The first-order valence-corrected chi connectivity index (χ1v) is 9.32. The number of amides is 2. The van der Waals surface area contributed by atoms with E-state index in [0.717, 1.165) is 0 Å². The summed E-state index contributed by atoms with van der Waals surface area (Å²) in [5.74, 6) is -0.597. The van der Waals surface area contributed by atoms with Crippen molar-refractivity contribution in [3.8, 4) is 0 Å². The standard InChI is InChI=1S/C23H21N5O2/c1-16(25-27-22(29)18-10-5-3-6-11-18)20-14-9-15-21(24-20)17(2)26-28-23(30)19-12-7-4-8-13-19/h3-15H,1-2H3,(H,27,29)(H,28,30). The molecule has 0 aliphatic carbocycles. The predicted molar refractivity (Wildman–Crippen MR) is 116 cm³/mol. The zero-order valence-electron chi connectivity index (χ0n) is 16.7. The molecule has 2 aromatic carbocycles. The molecule has 0 saturated carbocycles. The van der Waals surface area contributed by atoms with Crippen LogP contribution >= 0.6 is 0 Å². The highest BCUT2D eigenvalue weighted by molar-refractivity contribution is 6.02. The lowest BCUT2D eigenvalue weighted by Crippen LogP contribution is -2.20. The molecule has 2 N–H and O–H groups in total. The van der Waals surface area contributed by atoms with Gasteiger partial charge in [0.2, 0.25) is 0 Å². The number of carbonyl (C=O) groups is 2. The minimum Gasteiger partial charge on any atom is -0.267 e. The second-order valence-corrected chi connectivity index (χ2v) is 6.42. The summed E-state index contributed by atoms with van der Waals surface area (Å²) in [6.45, 7) is 3.50. The van der Waals surface area contributed by atoms with Gasteiger partial charge in [-0.15, -0.1) is 0 Å². The lowest BCUT2D eigenvalue weighted by molar-refractivity contribution is 0.0947. The molecule has 3 rings (SSSR count). The lowest BCUT2D eigenvalue weighted by atomic mass is 10.2. The average Bonchev–Trinajstić information content (AvgIpc) is 2.81. The Bertz CT molecular complexity index is 1010. The number of hydrogen-bond donors (Lipinski definition) is 2. The number of nitrogens with zero attached hydrogens (tertiary/aromatic N) is 3. The van der Waals surface area contributed by atoms with Crippen molar-refractivity contribution in [2.24, 2.45) is 10.2 Å². The molecule has 0 atom stereocenters. The van der Waals surface area contributed by atoms with Crippen molar-refractivity contribution in [3.63, 3.8) is 0 Å². The Hall–Kier alpha value is -4.13. The first kappa shape index (κ1) is 20.6. The van der Waals surface area contributed by atoms with Crippen LogP contribution in [0.5, 0.6) is 0 Å². The third kappa shape index (κ3) is 5.45. The zero-order valence-corrected chi connectivity index (χ0v) is 16.7. The molecule has 0 aliphatic rings. The molecule has 150 valence electrons. The smallest absolute Gasteiger partial charge is 0.267 e. The maximum absolute atomic E-state index is 12.1. The van der Waals surface area contributed by atoms with Gasteiger partial charge in [-0.05, 0) is 50.2 Å². The highest BCUT2D eigenvalue weighted by Gasteiger charge is 2.08. The predicted octanol–water partition coefficient (Wildman–Crippen LogP) is 3.39. The van der Waals surface area contributed by atoms with Crippen molar-refractivity contribution in [2.75, 3.05) is 0 Å². The van der Waals surface area contributed by atoms with Crippen LogP contribution in [0.4, 0.5) is 0 Å². The largest absolute Gasteiger partial charge is 0.271 e. The molecule has 1 heterocycles. The molecule has 7 heteroatoms. The number of hydrazone groups is 2. The monoisotopic (exact) mass is 399 g/mol. The molecule has 1 aromatic heterocycles. The van der Waals surface area contributed by atoms with Crippen LogP contribution < -0.4 is 10.9 Å². The summed E-state index contributed by atoms with van der Waals surface area (Å²) in [5, 5.41) is 8.26. The maximum atomic E-state index is 12.1. The second-order valence-electron chi connectivity index (χ2n) is 6.42. The van der Waals surface area contributed by atoms with Crippen molar-refractivity contribution in [3.05, 3.63) is 101 Å². The van der Waals surface area contributed by atoms with Crippen molar-refractivity contribution in [2.45, 2.75) is 13.8 Å². The number of carbonyl (C=O) groups excluding carboxylic acids is 2. The molecule has 0 saturated heterocycles. The van der Waals surface area contributed by atoms with Gasteiger partial charge in [-0.2, -0.15) is 10.2 Å². The number of benzene rings is 2. The molecular formula is C23H21N5O2. The Kier molecular flexibility index (Phi) is 6.78. The Balaban J connectivity index is 1.68. The van der Waals surface area contributed by atoms with Gasteiger partial charge in [-0.3, -0.25) is 9.59 Å². The van der Waals surface area contributed by atoms with Gasteiger partial charge in [-0.1, -0.05) is 42.5 Å². The van der Waals surface area contributed by atoms with E-state index in [1.165, 1.54) is 0 Å². The van der Waals surface area contributed by atoms with E-state index < -0.39 is 0 Å². The number of rotatable bonds is 6. The molecule has 0 bridgehead atoms. The number of nitrogens with one attached hydrogen (secondary N) is 2. The van der Waals surface area contributed by atoms with Gasteiger partial charge in [0, 0.05) is 11.1 Å². The third-order valence-corrected chi connectivity index (χ3v) is 4.21. The van der Waals surface area contributed by atoms with Crippen LogP contribution in [-0.4, -0.2) is 28.2 Å². The van der Waals surface area contributed by atoms with E-state index in [9.17, 15) is 9.59 Å². The van der Waals surface area contributed by atoms with E-state index in [-0.39, 0.29) is 11.8 Å². The molecule has 2 amide bonds. The molecule has 0 radical (unpaired) electrons. The summed E-state index contributed by atoms with van der Waals surface area (Å²) in [6, 6.07) is 23.1. The van der Waals surface area contributed by atoms with E-state index in [2.05, 4.69) is 26.0 Å². The van der Waals surface area contributed by atoms with Crippen molar-refractivity contribution in [1.82, 2.24) is 15.8 Å². The van der Waals surface area contributed by atoms with Crippen molar-refractivity contribution >= 4 is 23.2 Å². The number of hydrogen-bond acceptors (Lipinski definition) is 5. The average molecular weight is 399 g/mol. The molecule has 30 heavy (non-hydrogen) atoms. The first-order valence-electron chi connectivity index (χ1n) is 9.32. The number of aromatic nitrogens is 1. The van der Waals surface area contributed by atoms with Gasteiger partial charge < -0.3 is 0 Å². The fraction of sp³-hybridized carbons (Fsp3) is 0.0870. The normalized spacial score (nSPS) is 11.7. The molecule has 0 fully saturated rings. The highest BCUT2D eigenvalue weighted by Crippen LogP contribution is 2.04. The summed E-state index contributed by atoms with van der Waals surface area (Å²) >= 11 is 0. The summed E-state index contributed by atoms with van der Waals surface area (Å²) in [6.07, 6.45) is 0. The lowest BCUT2D eigenvalue weighted by Gasteiger charge is -2.06. The van der Waals surface area contributed by atoms with Crippen LogP contribution in [0.1, 0.15) is 46.0 Å². The Labute approximate surface area is 174 Å². The van der Waals surface area contributed by atoms with Crippen LogP contribution in [0.25, 0.3) is 0 Å². The van der Waals surface area contributed by atoms with Crippen molar-refractivity contribution < 1.29 is 9.59 Å². The summed E-state index contributed by atoms with van der Waals surface area (Å²) in [4.78, 5) is 28.8. The van der Waals surface area contributed by atoms with Crippen LogP contribution in [-0.2, 0) is 0 Å². The fourth-order valence-electron chi connectivity index (χ4n) is 2.53. The van der Waals surface area contributed by atoms with Gasteiger partial charge in [0.1, 0.15) is 0 Å². The SMILES string of the molecule is CC(=NNC(=O)c1ccccc1)c1cccc(C(C)=NNC(=O)c2ccccc2)n1. The quantitative estimate of drug-likeness (QED) is 0.491. The van der Waals surface area contributed by atoms with Gasteiger partial charge in [0.15, 0.2) is 0 Å². The molecule has 7 nitrogen and oxygen atoms in total. The van der Waals surface area contributed by atoms with E-state index in [1.807, 2.05) is 18.2 Å². The molecular weight excluding hydrogens is 378 g/mol. The first-order chi connectivity index (χ1) is 14.5. The van der Waals surface area contributed by atoms with Crippen LogP contribution in [0.15, 0.2) is 89.1 Å². The molecule has 0 aliphatic heterocycles. The Morgan fingerprint density at radius 1 is 0.633 bits per heavy atom. The maximum Gasteiger partial charge on any atom is 0.271 e. The Morgan fingerprint density at radius 3 is 1.43 bits per heavy atom. The molecule has 0 spiro atoms. The summed E-state index contributed by atoms with van der Waals surface area (Å²) in [7, 11) is 0. The minimum atomic E-state index is -0.299. The summed E-state index contributed by atoms with van der Waals surface area (Å²) < 4.78 is 0. The second kappa shape index (κ2) is 9.88. The fourth-order valence-corrected chi connectivity index (χ4v) is 2.53. The topological polar surface area (TPSA) is 95.8 Å². The number of pyridine rings is 1. The van der Waals surface area contributed by atoms with Crippen molar-refractivity contribution in [1.29, 1.82) is 0 Å². The zero-order chi connectivity index (χ0) is 21.3. The summed E-state index contributed by atoms with van der Waals surface area (Å²) in [5.41, 5.74) is 8.36. The third-order valence-electron chi connectivity index (χ3n) is 4.21. The van der Waals surface area contributed by atoms with Gasteiger partial charge in [-0.25, -0.2) is 15.8 Å². The van der Waals surface area contributed by atoms with Gasteiger partial charge >= 0.3 is 0 Å². The van der Waals surface area contributed by atoms with E-state index in [1.54, 1.807) is 74.5 Å². The minimum absolute atomic E-state index is 0.299. The van der Waals surface area contributed by atoms with E-state index in [0.29, 0.717) is 33.9 Å². The van der Waals surface area contributed by atoms with E-state index in [4.69, 9.17) is 0 Å². The Morgan fingerprint density at radius 2 is 1.03 bits per heavy atom. The van der Waals surface area contributed by atoms with Crippen LogP contribution in [0, 0.1) is 0 Å². The van der Waals surface area contributed by atoms with Gasteiger partial charge in [0.25, 0.3) is 11.8 Å². The van der Waals surface area contributed by atoms with E-state index >= 15 is 0 Å². The van der Waals surface area contributed by atoms with Gasteiger partial charge in [0.05, 0.1) is 22.8 Å². The molecule has 3 aromatic rings.